The van der Waals surface area contributed by atoms with E-state index in [9.17, 15) is 0 Å². The molecule has 2 nitrogen and oxygen atoms in total. The molecule has 1 rings (SSSR count). The molecule has 18 heavy (non-hydrogen) atoms. The van der Waals surface area contributed by atoms with Crippen LogP contribution in [0.1, 0.15) is 32.3 Å². The Labute approximate surface area is 116 Å². The van der Waals surface area contributed by atoms with Crippen LogP contribution in [-0.4, -0.2) is 25.7 Å². The molecule has 0 aliphatic heterocycles. The van der Waals surface area contributed by atoms with Crippen LogP contribution in [0.3, 0.4) is 0 Å². The second kappa shape index (κ2) is 9.37. The number of rotatable bonds is 9. The molecular weight excluding hydrogens is 244 g/mol. The van der Waals surface area contributed by atoms with Gasteiger partial charge in [-0.2, -0.15) is 0 Å². The van der Waals surface area contributed by atoms with Crippen LogP contribution in [0, 0.1) is 0 Å². The molecule has 0 radical (unpaired) electrons. The number of nitrogens with one attached hydrogen (secondary N) is 2. The minimum Gasteiger partial charge on any atom is -0.317 e. The second-order valence-electron chi connectivity index (χ2n) is 4.58. The van der Waals surface area contributed by atoms with Crippen molar-refractivity contribution in [1.29, 1.82) is 0 Å². The molecule has 1 unspecified atom stereocenters. The van der Waals surface area contributed by atoms with Crippen LogP contribution in [0.25, 0.3) is 0 Å². The Bertz CT molecular complexity index is 328. The Morgan fingerprint density at radius 2 is 2.06 bits per heavy atom. The summed E-state index contributed by atoms with van der Waals surface area (Å²) in [4.78, 5) is 0. The lowest BCUT2D eigenvalue weighted by molar-refractivity contribution is 0.458. The van der Waals surface area contributed by atoms with Gasteiger partial charge in [0, 0.05) is 11.1 Å². The largest absolute Gasteiger partial charge is 0.317 e. The van der Waals surface area contributed by atoms with Crippen LogP contribution >= 0.6 is 11.6 Å². The Morgan fingerprint density at radius 1 is 1.22 bits per heavy atom. The highest BCUT2D eigenvalue weighted by Gasteiger charge is 2.04. The number of hydrogen-bond acceptors (Lipinski definition) is 2. The topological polar surface area (TPSA) is 24.1 Å². The van der Waals surface area contributed by atoms with Crippen molar-refractivity contribution in [3.8, 4) is 0 Å². The van der Waals surface area contributed by atoms with Gasteiger partial charge in [0.05, 0.1) is 0 Å². The maximum absolute atomic E-state index is 5.97. The summed E-state index contributed by atoms with van der Waals surface area (Å²) in [5.74, 6) is 0. The van der Waals surface area contributed by atoms with Gasteiger partial charge in [-0.1, -0.05) is 37.6 Å². The van der Waals surface area contributed by atoms with E-state index < -0.39 is 0 Å². The summed E-state index contributed by atoms with van der Waals surface area (Å²) in [7, 11) is 0. The molecule has 1 aromatic carbocycles. The van der Waals surface area contributed by atoms with Crippen LogP contribution in [-0.2, 0) is 6.42 Å². The fourth-order valence-corrected chi connectivity index (χ4v) is 2.23. The molecule has 1 atom stereocenters. The zero-order valence-corrected chi connectivity index (χ0v) is 12.3. The van der Waals surface area contributed by atoms with Gasteiger partial charge in [0.2, 0.25) is 0 Å². The molecule has 0 amide bonds. The van der Waals surface area contributed by atoms with Crippen molar-refractivity contribution in [2.75, 3.05) is 19.6 Å². The first kappa shape index (κ1) is 15.5. The van der Waals surface area contributed by atoms with Crippen molar-refractivity contribution in [1.82, 2.24) is 10.6 Å². The molecule has 0 aliphatic carbocycles. The molecule has 0 saturated heterocycles. The Hall–Kier alpha value is -0.570. The average Bonchev–Trinajstić information content (AvgIpc) is 2.37. The summed E-state index contributed by atoms with van der Waals surface area (Å²) in [5.41, 5.74) is 1.30. The van der Waals surface area contributed by atoms with Crippen molar-refractivity contribution in [2.24, 2.45) is 0 Å². The van der Waals surface area contributed by atoms with Gasteiger partial charge in [-0.05, 0) is 56.6 Å². The third kappa shape index (κ3) is 6.39. The fraction of sp³-hybridized carbons (Fsp3) is 0.600. The van der Waals surface area contributed by atoms with Gasteiger partial charge in [0.15, 0.2) is 0 Å². The highest BCUT2D eigenvalue weighted by Crippen LogP contribution is 2.10. The molecule has 0 saturated carbocycles. The standard InChI is InChI=1S/C15H25ClN2/c1-3-15(9-10-17-4-2)18-11-8-13-6-5-7-14(16)12-13/h5-7,12,15,17-18H,3-4,8-11H2,1-2H3. The molecule has 0 bridgehead atoms. The molecule has 2 N–H and O–H groups in total. The summed E-state index contributed by atoms with van der Waals surface area (Å²) < 4.78 is 0. The Morgan fingerprint density at radius 3 is 2.72 bits per heavy atom. The van der Waals surface area contributed by atoms with E-state index in [1.807, 2.05) is 18.2 Å². The molecule has 102 valence electrons. The average molecular weight is 269 g/mol. The summed E-state index contributed by atoms with van der Waals surface area (Å²) in [5, 5.41) is 7.81. The quantitative estimate of drug-likeness (QED) is 0.672. The summed E-state index contributed by atoms with van der Waals surface area (Å²) in [6.45, 7) is 7.56. The lowest BCUT2D eigenvalue weighted by Gasteiger charge is -2.17. The zero-order chi connectivity index (χ0) is 13.2. The Balaban J connectivity index is 2.22. The van der Waals surface area contributed by atoms with Gasteiger partial charge < -0.3 is 10.6 Å². The van der Waals surface area contributed by atoms with Crippen LogP contribution in [0.2, 0.25) is 5.02 Å². The van der Waals surface area contributed by atoms with E-state index in [1.54, 1.807) is 0 Å². The molecule has 3 heteroatoms. The first-order valence-electron chi connectivity index (χ1n) is 6.94. The maximum Gasteiger partial charge on any atom is 0.0408 e. The predicted molar refractivity (Wildman–Crippen MR) is 80.4 cm³/mol. The first-order chi connectivity index (χ1) is 8.76. The smallest absolute Gasteiger partial charge is 0.0408 e. The van der Waals surface area contributed by atoms with Gasteiger partial charge in [-0.15, -0.1) is 0 Å². The lowest BCUT2D eigenvalue weighted by atomic mass is 10.1. The summed E-state index contributed by atoms with van der Waals surface area (Å²) >= 11 is 5.97. The zero-order valence-electron chi connectivity index (χ0n) is 11.5. The third-order valence-corrected chi connectivity index (χ3v) is 3.38. The van der Waals surface area contributed by atoms with Gasteiger partial charge in [-0.25, -0.2) is 0 Å². The van der Waals surface area contributed by atoms with Crippen LogP contribution in [0.4, 0.5) is 0 Å². The number of hydrogen-bond donors (Lipinski definition) is 2. The third-order valence-electron chi connectivity index (χ3n) is 3.15. The minimum atomic E-state index is 0.614. The van der Waals surface area contributed by atoms with E-state index in [0.717, 1.165) is 31.1 Å². The summed E-state index contributed by atoms with van der Waals surface area (Å²) in [6, 6.07) is 8.73. The van der Waals surface area contributed by atoms with Crippen molar-refractivity contribution in [3.63, 3.8) is 0 Å². The highest BCUT2D eigenvalue weighted by molar-refractivity contribution is 6.30. The van der Waals surface area contributed by atoms with Crippen LogP contribution < -0.4 is 10.6 Å². The predicted octanol–water partition coefficient (Wildman–Crippen LogP) is 3.25. The second-order valence-corrected chi connectivity index (χ2v) is 5.02. The van der Waals surface area contributed by atoms with Gasteiger partial charge in [0.25, 0.3) is 0 Å². The van der Waals surface area contributed by atoms with Crippen molar-refractivity contribution in [3.05, 3.63) is 34.9 Å². The van der Waals surface area contributed by atoms with Gasteiger partial charge >= 0.3 is 0 Å². The molecular formula is C15H25ClN2. The normalized spacial score (nSPS) is 12.6. The molecule has 1 aromatic rings. The SMILES string of the molecule is CCNCCC(CC)NCCc1cccc(Cl)c1. The van der Waals surface area contributed by atoms with Crippen molar-refractivity contribution < 1.29 is 0 Å². The lowest BCUT2D eigenvalue weighted by Crippen LogP contribution is -2.33. The fourth-order valence-electron chi connectivity index (χ4n) is 2.02. The van der Waals surface area contributed by atoms with E-state index >= 15 is 0 Å². The summed E-state index contributed by atoms with van der Waals surface area (Å²) in [6.07, 6.45) is 3.42. The van der Waals surface area contributed by atoms with Crippen LogP contribution in [0.5, 0.6) is 0 Å². The molecule has 0 aliphatic rings. The van der Waals surface area contributed by atoms with Crippen molar-refractivity contribution >= 4 is 11.6 Å². The molecule has 0 aromatic heterocycles. The molecule has 0 fully saturated rings. The molecule has 0 spiro atoms. The van der Waals surface area contributed by atoms with Crippen molar-refractivity contribution in [2.45, 2.75) is 39.2 Å². The maximum atomic E-state index is 5.97. The van der Waals surface area contributed by atoms with Gasteiger partial charge in [0.1, 0.15) is 0 Å². The number of benzene rings is 1. The van der Waals surface area contributed by atoms with Gasteiger partial charge in [-0.3, -0.25) is 0 Å². The molecule has 0 heterocycles. The van der Waals surface area contributed by atoms with E-state index in [4.69, 9.17) is 11.6 Å². The van der Waals surface area contributed by atoms with E-state index in [-0.39, 0.29) is 0 Å². The minimum absolute atomic E-state index is 0.614. The van der Waals surface area contributed by atoms with E-state index in [0.29, 0.717) is 6.04 Å². The number of halogens is 1. The highest BCUT2D eigenvalue weighted by atomic mass is 35.5. The van der Waals surface area contributed by atoms with E-state index in [1.165, 1.54) is 18.4 Å². The monoisotopic (exact) mass is 268 g/mol. The Kier molecular flexibility index (Phi) is 8.06. The van der Waals surface area contributed by atoms with Crippen LogP contribution in [0.15, 0.2) is 24.3 Å². The first-order valence-corrected chi connectivity index (χ1v) is 7.32. The van der Waals surface area contributed by atoms with E-state index in [2.05, 4.69) is 30.5 Å².